The first-order valence-electron chi connectivity index (χ1n) is 14.0. The maximum Gasteiger partial charge on any atom is 0.310 e. The molecule has 1 unspecified atom stereocenters. The average molecular weight is 609 g/mol. The van der Waals surface area contributed by atoms with Crippen LogP contribution in [0, 0.1) is 24.2 Å². The Hall–Kier alpha value is -3.82. The number of hydrogen-bond donors (Lipinski definition) is 0. The number of ether oxygens (including phenoxy) is 3. The minimum absolute atomic E-state index is 0.0354. The molecule has 0 radical (unpaired) electrons. The van der Waals surface area contributed by atoms with Crippen molar-refractivity contribution in [1.29, 1.82) is 5.26 Å². The van der Waals surface area contributed by atoms with Crippen LogP contribution in [0.15, 0.2) is 27.9 Å². The number of pyridine rings is 1. The standard InChI is InChI=1S/C30H32N4O6S2/c1-4-10-33-26(32-11-6-7-20(16-32)29(37)38-5-2)21(18(3)22(14-31)27(33)35)13-25-28(36)34(30(41)42-25)15-19-8-9-23-24(12-19)40-17-39-23/h8-9,12-13,20H,4-7,10-11,15-17H2,1-3H3/b25-13-. The minimum atomic E-state index is -0.377. The molecule has 3 aliphatic heterocycles. The zero-order chi connectivity index (χ0) is 30.0. The van der Waals surface area contributed by atoms with Gasteiger partial charge in [0.1, 0.15) is 21.8 Å². The van der Waals surface area contributed by atoms with Crippen LogP contribution in [0.1, 0.15) is 55.4 Å². The third-order valence-corrected chi connectivity index (χ3v) is 8.94. The zero-order valence-corrected chi connectivity index (χ0v) is 25.4. The molecule has 2 aromatic rings. The van der Waals surface area contributed by atoms with Gasteiger partial charge in [0.25, 0.3) is 11.5 Å². The lowest BCUT2D eigenvalue weighted by molar-refractivity contribution is -0.148. The summed E-state index contributed by atoms with van der Waals surface area (Å²) in [4.78, 5) is 43.8. The van der Waals surface area contributed by atoms with Crippen LogP contribution in [0.4, 0.5) is 5.82 Å². The molecule has 0 N–H and O–H groups in total. The van der Waals surface area contributed by atoms with Crippen LogP contribution in [-0.4, -0.2) is 52.2 Å². The number of anilines is 1. The third-order valence-electron chi connectivity index (χ3n) is 7.56. The van der Waals surface area contributed by atoms with Crippen LogP contribution in [0.5, 0.6) is 11.5 Å². The number of amides is 1. The molecule has 10 nitrogen and oxygen atoms in total. The Kier molecular flexibility index (Phi) is 8.89. The van der Waals surface area contributed by atoms with E-state index in [4.69, 9.17) is 26.4 Å². The van der Waals surface area contributed by atoms with Crippen molar-refractivity contribution in [2.45, 2.75) is 53.1 Å². The largest absolute Gasteiger partial charge is 0.466 e. The van der Waals surface area contributed by atoms with Gasteiger partial charge in [0.15, 0.2) is 11.5 Å². The highest BCUT2D eigenvalue weighted by molar-refractivity contribution is 8.26. The number of aromatic nitrogens is 1. The Morgan fingerprint density at radius 2 is 2.05 bits per heavy atom. The van der Waals surface area contributed by atoms with E-state index in [1.807, 2.05) is 30.0 Å². The van der Waals surface area contributed by atoms with Crippen LogP contribution in [0.3, 0.4) is 0 Å². The lowest BCUT2D eigenvalue weighted by atomic mass is 9.96. The molecule has 2 saturated heterocycles. The lowest BCUT2D eigenvalue weighted by Gasteiger charge is -2.36. The summed E-state index contributed by atoms with van der Waals surface area (Å²) in [6.45, 7) is 7.56. The summed E-state index contributed by atoms with van der Waals surface area (Å²) in [5.74, 6) is 1.02. The molecule has 0 aliphatic carbocycles. The van der Waals surface area contributed by atoms with E-state index in [0.29, 0.717) is 76.8 Å². The van der Waals surface area contributed by atoms with E-state index in [2.05, 4.69) is 6.07 Å². The number of nitriles is 1. The van der Waals surface area contributed by atoms with E-state index in [9.17, 15) is 19.6 Å². The van der Waals surface area contributed by atoms with Gasteiger partial charge in [-0.15, -0.1) is 0 Å². The van der Waals surface area contributed by atoms with Gasteiger partial charge < -0.3 is 19.1 Å². The topological polar surface area (TPSA) is 114 Å². The first-order valence-corrected chi connectivity index (χ1v) is 15.2. The summed E-state index contributed by atoms with van der Waals surface area (Å²) < 4.78 is 18.2. The van der Waals surface area contributed by atoms with Gasteiger partial charge in [-0.1, -0.05) is 37.0 Å². The van der Waals surface area contributed by atoms with E-state index in [1.165, 1.54) is 16.7 Å². The zero-order valence-electron chi connectivity index (χ0n) is 23.8. The summed E-state index contributed by atoms with van der Waals surface area (Å²) in [7, 11) is 0. The van der Waals surface area contributed by atoms with Crippen LogP contribution < -0.4 is 19.9 Å². The maximum atomic E-state index is 13.7. The number of carbonyl (C=O) groups is 2. The number of thioether (sulfide) groups is 1. The Labute approximate surface area is 253 Å². The Morgan fingerprint density at radius 3 is 2.79 bits per heavy atom. The number of rotatable bonds is 8. The number of nitrogens with zero attached hydrogens (tertiary/aromatic N) is 4. The summed E-state index contributed by atoms with van der Waals surface area (Å²) in [6, 6.07) is 7.59. The number of fused-ring (bicyclic) bond motifs is 1. The van der Waals surface area contributed by atoms with Crippen LogP contribution in [0.25, 0.3) is 6.08 Å². The van der Waals surface area contributed by atoms with Gasteiger partial charge in [0.05, 0.1) is 24.0 Å². The molecule has 0 bridgehead atoms. The van der Waals surface area contributed by atoms with Crippen molar-refractivity contribution in [3.63, 3.8) is 0 Å². The monoisotopic (exact) mass is 608 g/mol. The SMILES string of the molecule is CCCn1c(N2CCCC(C(=O)OCC)C2)c(/C=C2\SC(=S)N(Cc3ccc4c(c3)OCO4)C2=O)c(C)c(C#N)c1=O. The minimum Gasteiger partial charge on any atom is -0.466 e. The summed E-state index contributed by atoms with van der Waals surface area (Å²) >= 11 is 6.79. The van der Waals surface area contributed by atoms with Crippen molar-refractivity contribution >= 4 is 52.1 Å². The second-order valence-corrected chi connectivity index (χ2v) is 12.0. The fraction of sp³-hybridized carbons (Fsp3) is 0.433. The molecule has 0 spiro atoms. The number of thiocarbonyl (C=S) groups is 1. The van der Waals surface area contributed by atoms with Gasteiger partial charge in [-0.2, -0.15) is 5.26 Å². The van der Waals surface area contributed by atoms with Crippen molar-refractivity contribution in [1.82, 2.24) is 9.47 Å². The van der Waals surface area contributed by atoms with Crippen molar-refractivity contribution in [2.24, 2.45) is 5.92 Å². The van der Waals surface area contributed by atoms with E-state index in [-0.39, 0.29) is 42.3 Å². The van der Waals surface area contributed by atoms with Gasteiger partial charge in [-0.05, 0) is 62.4 Å². The van der Waals surface area contributed by atoms with Gasteiger partial charge >= 0.3 is 5.97 Å². The molecular formula is C30H32N4O6S2. The molecule has 3 aliphatic rings. The van der Waals surface area contributed by atoms with Crippen LogP contribution in [-0.2, 0) is 27.4 Å². The predicted octanol–water partition coefficient (Wildman–Crippen LogP) is 4.35. The molecular weight excluding hydrogens is 576 g/mol. The van der Waals surface area contributed by atoms with Gasteiger partial charge in [-0.3, -0.25) is 23.9 Å². The van der Waals surface area contributed by atoms with Crippen LogP contribution >= 0.6 is 24.0 Å². The Balaban J connectivity index is 1.55. The number of esters is 1. The molecule has 0 saturated carbocycles. The number of piperidine rings is 1. The van der Waals surface area contributed by atoms with Crippen molar-refractivity contribution in [3.8, 4) is 17.6 Å². The highest BCUT2D eigenvalue weighted by Gasteiger charge is 2.35. The second kappa shape index (κ2) is 12.6. The summed E-state index contributed by atoms with van der Waals surface area (Å²) in [5, 5.41) is 9.94. The molecule has 2 fully saturated rings. The number of carbonyl (C=O) groups excluding carboxylic acids is 2. The maximum absolute atomic E-state index is 13.7. The molecule has 1 aromatic carbocycles. The fourth-order valence-electron chi connectivity index (χ4n) is 5.53. The molecule has 42 heavy (non-hydrogen) atoms. The summed E-state index contributed by atoms with van der Waals surface area (Å²) in [6.07, 6.45) is 3.83. The second-order valence-electron chi connectivity index (χ2n) is 10.3. The van der Waals surface area contributed by atoms with E-state index < -0.39 is 0 Å². The molecule has 220 valence electrons. The number of hydrogen-bond acceptors (Lipinski definition) is 10. The van der Waals surface area contributed by atoms with Crippen LogP contribution in [0.2, 0.25) is 0 Å². The normalized spacial score (nSPS) is 19.0. The van der Waals surface area contributed by atoms with Gasteiger partial charge in [-0.25, -0.2) is 0 Å². The smallest absolute Gasteiger partial charge is 0.310 e. The highest BCUT2D eigenvalue weighted by atomic mass is 32.2. The lowest BCUT2D eigenvalue weighted by Crippen LogP contribution is -2.43. The van der Waals surface area contributed by atoms with Gasteiger partial charge in [0.2, 0.25) is 6.79 Å². The van der Waals surface area contributed by atoms with Crippen molar-refractivity contribution in [2.75, 3.05) is 31.4 Å². The first kappa shape index (κ1) is 29.7. The molecule has 5 rings (SSSR count). The number of benzene rings is 1. The van der Waals surface area contributed by atoms with E-state index >= 15 is 0 Å². The quantitative estimate of drug-likeness (QED) is 0.244. The Bertz CT molecular complexity index is 1580. The van der Waals surface area contributed by atoms with Crippen molar-refractivity contribution < 1.29 is 23.8 Å². The fourth-order valence-corrected chi connectivity index (χ4v) is 6.76. The van der Waals surface area contributed by atoms with Gasteiger partial charge in [0, 0.05) is 25.2 Å². The molecule has 1 aromatic heterocycles. The molecule has 1 atom stereocenters. The predicted molar refractivity (Wildman–Crippen MR) is 163 cm³/mol. The third kappa shape index (κ3) is 5.63. The molecule has 1 amide bonds. The summed E-state index contributed by atoms with van der Waals surface area (Å²) in [5.41, 5.74) is 1.60. The average Bonchev–Trinajstić information content (AvgIpc) is 3.55. The Morgan fingerprint density at radius 1 is 1.26 bits per heavy atom. The van der Waals surface area contributed by atoms with E-state index in [0.717, 1.165) is 12.0 Å². The first-order chi connectivity index (χ1) is 20.3. The van der Waals surface area contributed by atoms with Crippen molar-refractivity contribution in [3.05, 3.63) is 55.7 Å². The molecule has 4 heterocycles. The molecule has 12 heteroatoms. The highest BCUT2D eigenvalue weighted by Crippen LogP contribution is 2.39. The van der Waals surface area contributed by atoms with E-state index in [1.54, 1.807) is 24.5 Å².